The molecule has 0 saturated heterocycles. The van der Waals surface area contributed by atoms with Crippen molar-refractivity contribution in [2.24, 2.45) is 4.99 Å². The van der Waals surface area contributed by atoms with Crippen molar-refractivity contribution in [1.29, 1.82) is 0 Å². The van der Waals surface area contributed by atoms with Crippen molar-refractivity contribution in [1.82, 2.24) is 16.0 Å². The molecule has 1 aliphatic carbocycles. The van der Waals surface area contributed by atoms with Gasteiger partial charge in [-0.3, -0.25) is 20.2 Å². The summed E-state index contributed by atoms with van der Waals surface area (Å²) in [6.07, 6.45) is -29.2. The maximum absolute atomic E-state index is 13.5. The molecular formula is C27H38F6N4O12. The van der Waals surface area contributed by atoms with E-state index in [1.165, 1.54) is 27.7 Å². The molecule has 0 aliphatic heterocycles. The monoisotopic (exact) mass is 724 g/mol. The maximum atomic E-state index is 13.5. The zero-order valence-corrected chi connectivity index (χ0v) is 27.2. The van der Waals surface area contributed by atoms with Crippen molar-refractivity contribution in [3.05, 3.63) is 11.6 Å². The lowest BCUT2D eigenvalue weighted by molar-refractivity contribution is -0.296. The number of halogens is 6. The van der Waals surface area contributed by atoms with Gasteiger partial charge in [0.2, 0.25) is 18.2 Å². The number of carbonyl (C=O) groups excluding carboxylic acids is 5. The minimum absolute atomic E-state index is 0.258. The third kappa shape index (κ3) is 14.9. The van der Waals surface area contributed by atoms with E-state index in [2.05, 4.69) is 15.0 Å². The molecule has 0 aromatic heterocycles. The van der Waals surface area contributed by atoms with E-state index in [0.717, 1.165) is 20.8 Å². The van der Waals surface area contributed by atoms with Gasteiger partial charge in [-0.15, -0.1) is 0 Å². The standard InChI is InChI=1S/C27H38F6N4O12/c1-8-45-21(42)14-9-15(35-22(37-24(44)49-25(5,6)7)36-23(43)47-13(4)46-12(3)39)17(34-11(2)38)16(10-14)48-18(19(40)26(28,29)30)20(41)27(31,32)33/h10,13,15-20,40-41H,8-9H2,1-7H3,(H,34,38)(H2,35,36,37,43,44)/t13?,15-,16+,17+,18?,19?,20?/m0/s1. The van der Waals surface area contributed by atoms with Crippen LogP contribution < -0.4 is 16.0 Å². The first-order valence-electron chi connectivity index (χ1n) is 14.3. The summed E-state index contributed by atoms with van der Waals surface area (Å²) in [6.45, 7) is 8.51. The minimum Gasteiger partial charge on any atom is -0.463 e. The van der Waals surface area contributed by atoms with Crippen LogP contribution in [0.25, 0.3) is 0 Å². The van der Waals surface area contributed by atoms with E-state index in [0.29, 0.717) is 6.08 Å². The Kier molecular flexibility index (Phi) is 15.3. The molecule has 0 heterocycles. The number of rotatable bonds is 10. The van der Waals surface area contributed by atoms with Crippen LogP contribution in [-0.4, -0.2) is 114 Å². The minimum atomic E-state index is -5.77. The Labute approximate surface area is 275 Å². The highest BCUT2D eigenvalue weighted by atomic mass is 19.4. The highest BCUT2D eigenvalue weighted by molar-refractivity contribution is 6.01. The largest absolute Gasteiger partial charge is 0.463 e. The molecule has 1 rings (SSSR count). The molecule has 22 heteroatoms. The van der Waals surface area contributed by atoms with Gasteiger partial charge >= 0.3 is 36.5 Å². The van der Waals surface area contributed by atoms with Crippen LogP contribution in [0, 0.1) is 0 Å². The average molecular weight is 725 g/mol. The Balaban J connectivity index is 3.85. The lowest BCUT2D eigenvalue weighted by Gasteiger charge is -2.39. The Bertz CT molecular complexity index is 1250. The SMILES string of the molecule is CCOC(=O)C1=C[C@@H](OC(C(O)C(F)(F)F)C(O)C(F)(F)F)[C@H](NC(C)=O)[C@@H](N=C(NC(=O)OC(C)OC(C)=O)NC(=O)OC(C)(C)C)C1. The molecular weight excluding hydrogens is 686 g/mol. The van der Waals surface area contributed by atoms with E-state index >= 15 is 0 Å². The van der Waals surface area contributed by atoms with Crippen molar-refractivity contribution in [2.45, 2.75) is 116 Å². The van der Waals surface area contributed by atoms with Gasteiger partial charge in [0.1, 0.15) is 11.7 Å². The second-order valence-corrected chi connectivity index (χ2v) is 11.3. The van der Waals surface area contributed by atoms with Gasteiger partial charge in [0, 0.05) is 32.8 Å². The zero-order valence-electron chi connectivity index (χ0n) is 27.2. The van der Waals surface area contributed by atoms with Crippen molar-refractivity contribution in [3.63, 3.8) is 0 Å². The van der Waals surface area contributed by atoms with E-state index in [4.69, 9.17) is 18.9 Å². The number of nitrogens with zero attached hydrogens (tertiary/aromatic N) is 1. The third-order valence-corrected chi connectivity index (χ3v) is 5.82. The summed E-state index contributed by atoms with van der Waals surface area (Å²) < 4.78 is 105. The molecule has 0 radical (unpaired) electrons. The van der Waals surface area contributed by atoms with E-state index in [-0.39, 0.29) is 6.61 Å². The first kappa shape index (κ1) is 42.8. The first-order valence-corrected chi connectivity index (χ1v) is 14.3. The number of nitrogens with one attached hydrogen (secondary N) is 3. The molecule has 0 fully saturated rings. The fourth-order valence-electron chi connectivity index (χ4n) is 4.05. The van der Waals surface area contributed by atoms with Crippen LogP contribution in [0.5, 0.6) is 0 Å². The molecule has 0 spiro atoms. The van der Waals surface area contributed by atoms with Gasteiger partial charge in [0.25, 0.3) is 0 Å². The number of esters is 2. The number of amides is 3. The number of alkyl carbamates (subject to hydrolysis) is 2. The van der Waals surface area contributed by atoms with Crippen LogP contribution in [-0.2, 0) is 38.1 Å². The molecule has 0 aromatic carbocycles. The predicted molar refractivity (Wildman–Crippen MR) is 151 cm³/mol. The molecule has 3 unspecified atom stereocenters. The van der Waals surface area contributed by atoms with Gasteiger partial charge in [-0.1, -0.05) is 0 Å². The van der Waals surface area contributed by atoms with Gasteiger partial charge in [-0.25, -0.2) is 19.4 Å². The van der Waals surface area contributed by atoms with Gasteiger partial charge < -0.3 is 39.2 Å². The normalized spacial score (nSPS) is 21.2. The number of carbonyl (C=O) groups is 5. The first-order chi connectivity index (χ1) is 22.2. The van der Waals surface area contributed by atoms with Crippen LogP contribution in [0.3, 0.4) is 0 Å². The van der Waals surface area contributed by atoms with Gasteiger partial charge in [0.05, 0.1) is 24.8 Å². The summed E-state index contributed by atoms with van der Waals surface area (Å²) in [7, 11) is 0. The van der Waals surface area contributed by atoms with Crippen molar-refractivity contribution < 1.29 is 84.2 Å². The Hall–Kier alpha value is -4.18. The zero-order chi connectivity index (χ0) is 38.1. The summed E-state index contributed by atoms with van der Waals surface area (Å²) in [6, 6.07) is -3.51. The lowest BCUT2D eigenvalue weighted by atomic mass is 9.87. The molecule has 1 aliphatic rings. The van der Waals surface area contributed by atoms with E-state index in [9.17, 15) is 60.5 Å². The van der Waals surface area contributed by atoms with Crippen LogP contribution in [0.15, 0.2) is 16.6 Å². The molecule has 49 heavy (non-hydrogen) atoms. The number of hydrogen-bond donors (Lipinski definition) is 5. The molecule has 0 saturated carbocycles. The van der Waals surface area contributed by atoms with Crippen LogP contribution in [0.1, 0.15) is 54.9 Å². The smallest absolute Gasteiger partial charge is 0.417 e. The Morgan fingerprint density at radius 3 is 1.92 bits per heavy atom. The van der Waals surface area contributed by atoms with Crippen LogP contribution in [0.2, 0.25) is 0 Å². The predicted octanol–water partition coefficient (Wildman–Crippen LogP) is 1.87. The highest BCUT2D eigenvalue weighted by Gasteiger charge is 2.56. The van der Waals surface area contributed by atoms with Gasteiger partial charge in [-0.05, 0) is 33.8 Å². The Morgan fingerprint density at radius 1 is 0.939 bits per heavy atom. The molecule has 0 aromatic rings. The Morgan fingerprint density at radius 2 is 1.47 bits per heavy atom. The number of aliphatic hydroxyl groups excluding tert-OH is 2. The van der Waals surface area contributed by atoms with Crippen molar-refractivity contribution in [3.8, 4) is 0 Å². The van der Waals surface area contributed by atoms with Gasteiger partial charge in [-0.2, -0.15) is 26.3 Å². The molecule has 3 amide bonds. The summed E-state index contributed by atoms with van der Waals surface area (Å²) in [4.78, 5) is 65.3. The van der Waals surface area contributed by atoms with E-state index < -0.39 is 109 Å². The van der Waals surface area contributed by atoms with E-state index in [1.807, 2.05) is 10.6 Å². The second-order valence-electron chi connectivity index (χ2n) is 11.3. The fraction of sp³-hybridized carbons (Fsp3) is 0.704. The molecule has 0 bridgehead atoms. The van der Waals surface area contributed by atoms with Crippen molar-refractivity contribution >= 4 is 36.0 Å². The summed E-state index contributed by atoms with van der Waals surface area (Å²) in [5.41, 5.74) is -1.61. The van der Waals surface area contributed by atoms with Crippen LogP contribution >= 0.6 is 0 Å². The summed E-state index contributed by atoms with van der Waals surface area (Å²) in [5, 5.41) is 25.8. The van der Waals surface area contributed by atoms with Crippen LogP contribution in [0.4, 0.5) is 35.9 Å². The number of aliphatic hydroxyl groups is 2. The third-order valence-electron chi connectivity index (χ3n) is 5.82. The molecule has 280 valence electrons. The van der Waals surface area contributed by atoms with E-state index in [1.54, 1.807) is 0 Å². The number of hydrogen-bond acceptors (Lipinski definition) is 13. The second kappa shape index (κ2) is 17.5. The average Bonchev–Trinajstić information content (AvgIpc) is 2.89. The maximum Gasteiger partial charge on any atom is 0.417 e. The molecule has 5 N–H and O–H groups in total. The number of aliphatic imine (C=N–C) groups is 1. The quantitative estimate of drug-likeness (QED) is 0.0545. The number of guanidine groups is 1. The topological polar surface area (TPSA) is 220 Å². The number of ether oxygens (including phenoxy) is 5. The van der Waals surface area contributed by atoms with Gasteiger partial charge in [0.15, 0.2) is 12.2 Å². The number of alkyl halides is 6. The lowest BCUT2D eigenvalue weighted by Crippen LogP contribution is -2.59. The summed E-state index contributed by atoms with van der Waals surface area (Å²) in [5.74, 6) is -3.83. The summed E-state index contributed by atoms with van der Waals surface area (Å²) >= 11 is 0. The fourth-order valence-corrected chi connectivity index (χ4v) is 4.05. The molecule has 16 nitrogen and oxygen atoms in total. The molecule has 6 atom stereocenters. The highest BCUT2D eigenvalue weighted by Crippen LogP contribution is 2.34. The van der Waals surface area contributed by atoms with Crippen molar-refractivity contribution in [2.75, 3.05) is 6.61 Å².